The molecule has 1 aliphatic heterocycles. The summed E-state index contributed by atoms with van der Waals surface area (Å²) in [6.45, 7) is 2.39. The summed E-state index contributed by atoms with van der Waals surface area (Å²) in [5.41, 5.74) is 1.83. The van der Waals surface area contributed by atoms with E-state index in [-0.39, 0.29) is 23.6 Å². The standard InChI is InChI=1S/C24H21N5O5S/c30-21(27-12-10-26(11-13-27)17-5-7-19(8-6-17)29(33)34)15-16-1-3-18(4-2-16)28-23(31)22-20(9-14-35-22)25-24(28)32/h1-9,14H,10-13,15H2,(H,25,32). The van der Waals surface area contributed by atoms with Crippen molar-refractivity contribution in [1.29, 1.82) is 0 Å². The number of carbonyl (C=O) groups excluding carboxylic acids is 1. The smallest absolute Gasteiger partial charge is 0.333 e. The van der Waals surface area contributed by atoms with Crippen LogP contribution in [0.1, 0.15) is 5.56 Å². The molecule has 11 heteroatoms. The number of amides is 1. The Morgan fingerprint density at radius 1 is 0.943 bits per heavy atom. The van der Waals surface area contributed by atoms with Crippen LogP contribution >= 0.6 is 11.3 Å². The van der Waals surface area contributed by atoms with E-state index < -0.39 is 10.6 Å². The van der Waals surface area contributed by atoms with E-state index >= 15 is 0 Å². The lowest BCUT2D eigenvalue weighted by Crippen LogP contribution is -2.49. The van der Waals surface area contributed by atoms with Gasteiger partial charge in [0.25, 0.3) is 11.2 Å². The maximum absolute atomic E-state index is 12.8. The third-order valence-corrected chi connectivity index (χ3v) is 7.02. The van der Waals surface area contributed by atoms with Crippen molar-refractivity contribution in [3.05, 3.63) is 96.5 Å². The first kappa shape index (κ1) is 22.5. The number of piperazine rings is 1. The van der Waals surface area contributed by atoms with Gasteiger partial charge in [-0.2, -0.15) is 0 Å². The Morgan fingerprint density at radius 2 is 1.60 bits per heavy atom. The minimum Gasteiger partial charge on any atom is -0.368 e. The molecule has 1 N–H and O–H groups in total. The summed E-state index contributed by atoms with van der Waals surface area (Å²) in [6.07, 6.45) is 0.215. The summed E-state index contributed by atoms with van der Waals surface area (Å²) in [4.78, 5) is 55.0. The van der Waals surface area contributed by atoms with E-state index in [0.717, 1.165) is 15.8 Å². The zero-order chi connectivity index (χ0) is 24.5. The number of nitrogens with one attached hydrogen (secondary N) is 1. The maximum atomic E-state index is 12.8. The molecule has 0 spiro atoms. The molecule has 178 valence electrons. The molecule has 35 heavy (non-hydrogen) atoms. The summed E-state index contributed by atoms with van der Waals surface area (Å²) in [5, 5.41) is 12.6. The van der Waals surface area contributed by atoms with Gasteiger partial charge in [-0.25, -0.2) is 9.36 Å². The number of nitro benzene ring substituents is 1. The predicted octanol–water partition coefficient (Wildman–Crippen LogP) is 2.54. The van der Waals surface area contributed by atoms with Crippen LogP contribution in [0.15, 0.2) is 69.6 Å². The van der Waals surface area contributed by atoms with Crippen molar-refractivity contribution in [2.45, 2.75) is 6.42 Å². The molecule has 0 aliphatic carbocycles. The molecule has 2 aromatic carbocycles. The highest BCUT2D eigenvalue weighted by Gasteiger charge is 2.22. The summed E-state index contributed by atoms with van der Waals surface area (Å²) in [6, 6.07) is 15.0. The Kier molecular flexibility index (Phi) is 5.91. The van der Waals surface area contributed by atoms with Crippen LogP contribution in [-0.2, 0) is 11.2 Å². The van der Waals surface area contributed by atoms with Gasteiger partial charge in [-0.05, 0) is 41.3 Å². The Morgan fingerprint density at radius 3 is 2.26 bits per heavy atom. The zero-order valence-corrected chi connectivity index (χ0v) is 19.4. The number of benzene rings is 2. The van der Waals surface area contributed by atoms with Crippen LogP contribution in [0.3, 0.4) is 0 Å². The largest absolute Gasteiger partial charge is 0.368 e. The molecular formula is C24H21N5O5S. The number of anilines is 1. The Balaban J connectivity index is 1.22. The van der Waals surface area contributed by atoms with Gasteiger partial charge in [-0.1, -0.05) is 12.1 Å². The molecule has 0 unspecified atom stereocenters. The molecule has 5 rings (SSSR count). The molecule has 1 fully saturated rings. The minimum atomic E-state index is -0.504. The third-order valence-electron chi connectivity index (χ3n) is 6.12. The lowest BCUT2D eigenvalue weighted by atomic mass is 10.1. The molecule has 1 amide bonds. The Bertz CT molecular complexity index is 1510. The summed E-state index contributed by atoms with van der Waals surface area (Å²) in [5.74, 6) is -0.00359. The number of rotatable bonds is 5. The van der Waals surface area contributed by atoms with Gasteiger partial charge in [0.2, 0.25) is 5.91 Å². The van der Waals surface area contributed by atoms with E-state index in [1.807, 2.05) is 0 Å². The van der Waals surface area contributed by atoms with Crippen molar-refractivity contribution in [3.8, 4) is 5.69 Å². The lowest BCUT2D eigenvalue weighted by molar-refractivity contribution is -0.384. The molecule has 0 radical (unpaired) electrons. The quantitative estimate of drug-likeness (QED) is 0.338. The summed E-state index contributed by atoms with van der Waals surface area (Å²) in [7, 11) is 0. The van der Waals surface area contributed by atoms with E-state index in [2.05, 4.69) is 9.88 Å². The number of carbonyl (C=O) groups is 1. The normalized spacial score (nSPS) is 13.8. The van der Waals surface area contributed by atoms with Gasteiger partial charge >= 0.3 is 5.69 Å². The van der Waals surface area contributed by atoms with Crippen molar-refractivity contribution >= 4 is 38.8 Å². The van der Waals surface area contributed by atoms with Gasteiger partial charge in [0, 0.05) is 44.0 Å². The predicted molar refractivity (Wildman–Crippen MR) is 134 cm³/mol. The van der Waals surface area contributed by atoms with Crippen molar-refractivity contribution in [2.75, 3.05) is 31.1 Å². The number of aromatic amines is 1. The number of H-pyrrole nitrogens is 1. The number of nitro groups is 1. The van der Waals surface area contributed by atoms with Gasteiger partial charge in [0.05, 0.1) is 22.5 Å². The summed E-state index contributed by atoms with van der Waals surface area (Å²) >= 11 is 1.28. The fraction of sp³-hybridized carbons (Fsp3) is 0.208. The van der Waals surface area contributed by atoms with Crippen LogP contribution in [0.2, 0.25) is 0 Å². The molecule has 0 saturated carbocycles. The SMILES string of the molecule is O=C(Cc1ccc(-n2c(=O)[nH]c3ccsc3c2=O)cc1)N1CCN(c2ccc([N+](=O)[O-])cc2)CC1. The number of thiophene rings is 1. The Labute approximate surface area is 202 Å². The molecule has 0 atom stereocenters. The van der Waals surface area contributed by atoms with E-state index in [1.165, 1.54) is 23.5 Å². The number of hydrogen-bond donors (Lipinski definition) is 1. The average Bonchev–Trinajstić information content (AvgIpc) is 3.34. The van der Waals surface area contributed by atoms with E-state index in [9.17, 15) is 24.5 Å². The third kappa shape index (κ3) is 4.45. The molecule has 1 aliphatic rings. The van der Waals surface area contributed by atoms with Crippen molar-refractivity contribution in [3.63, 3.8) is 0 Å². The molecule has 4 aromatic rings. The molecular weight excluding hydrogens is 470 g/mol. The van der Waals surface area contributed by atoms with Crippen LogP contribution in [0.5, 0.6) is 0 Å². The van der Waals surface area contributed by atoms with E-state index in [4.69, 9.17) is 0 Å². The van der Waals surface area contributed by atoms with Crippen LogP contribution in [0.4, 0.5) is 11.4 Å². The number of non-ortho nitro benzene ring substituents is 1. The van der Waals surface area contributed by atoms with Crippen LogP contribution in [-0.4, -0.2) is 51.5 Å². The molecule has 1 saturated heterocycles. The van der Waals surface area contributed by atoms with Crippen molar-refractivity contribution in [1.82, 2.24) is 14.5 Å². The van der Waals surface area contributed by atoms with Crippen LogP contribution in [0.25, 0.3) is 15.9 Å². The van der Waals surface area contributed by atoms with E-state index in [0.29, 0.717) is 42.1 Å². The highest BCUT2D eigenvalue weighted by molar-refractivity contribution is 7.17. The van der Waals surface area contributed by atoms with Crippen LogP contribution < -0.4 is 16.1 Å². The number of fused-ring (bicyclic) bond motifs is 1. The second-order valence-corrected chi connectivity index (χ2v) is 9.13. The fourth-order valence-electron chi connectivity index (χ4n) is 4.22. The second-order valence-electron chi connectivity index (χ2n) is 8.22. The van der Waals surface area contributed by atoms with Crippen LogP contribution in [0, 0.1) is 10.1 Å². The van der Waals surface area contributed by atoms with Gasteiger partial charge < -0.3 is 14.8 Å². The summed E-state index contributed by atoms with van der Waals surface area (Å²) < 4.78 is 1.58. The molecule has 2 aromatic heterocycles. The fourth-order valence-corrected chi connectivity index (χ4v) is 5.00. The van der Waals surface area contributed by atoms with Crippen molar-refractivity contribution < 1.29 is 9.72 Å². The first-order valence-electron chi connectivity index (χ1n) is 11.0. The maximum Gasteiger partial charge on any atom is 0.333 e. The highest BCUT2D eigenvalue weighted by atomic mass is 32.1. The highest BCUT2D eigenvalue weighted by Crippen LogP contribution is 2.21. The number of aromatic nitrogens is 2. The second kappa shape index (κ2) is 9.18. The Hall–Kier alpha value is -4.25. The minimum absolute atomic E-state index is 0.00359. The van der Waals surface area contributed by atoms with Gasteiger partial charge in [0.1, 0.15) is 4.70 Å². The van der Waals surface area contributed by atoms with Gasteiger partial charge in [-0.3, -0.25) is 19.7 Å². The first-order chi connectivity index (χ1) is 16.9. The lowest BCUT2D eigenvalue weighted by Gasteiger charge is -2.36. The first-order valence-corrected chi connectivity index (χ1v) is 11.9. The number of hydrogen-bond acceptors (Lipinski definition) is 7. The monoisotopic (exact) mass is 491 g/mol. The molecule has 0 bridgehead atoms. The van der Waals surface area contributed by atoms with Crippen molar-refractivity contribution in [2.24, 2.45) is 0 Å². The van der Waals surface area contributed by atoms with E-state index in [1.54, 1.807) is 52.7 Å². The van der Waals surface area contributed by atoms with Gasteiger partial charge in [0.15, 0.2) is 0 Å². The van der Waals surface area contributed by atoms with Gasteiger partial charge in [-0.15, -0.1) is 11.3 Å². The number of nitrogens with zero attached hydrogens (tertiary/aromatic N) is 4. The molecule has 10 nitrogen and oxygen atoms in total. The topological polar surface area (TPSA) is 122 Å². The zero-order valence-electron chi connectivity index (χ0n) is 18.5. The molecule has 3 heterocycles. The average molecular weight is 492 g/mol.